The molecule has 0 fully saturated rings. The summed E-state index contributed by atoms with van der Waals surface area (Å²) in [5.41, 5.74) is 1.25. The van der Waals surface area contributed by atoms with Crippen molar-refractivity contribution in [1.29, 1.82) is 0 Å². The first-order valence-corrected chi connectivity index (χ1v) is 4.29. The van der Waals surface area contributed by atoms with Gasteiger partial charge in [0.1, 0.15) is 6.33 Å². The summed E-state index contributed by atoms with van der Waals surface area (Å²) in [4.78, 5) is 26.5. The van der Waals surface area contributed by atoms with Gasteiger partial charge in [-0.2, -0.15) is 0 Å². The summed E-state index contributed by atoms with van der Waals surface area (Å²) in [6.45, 7) is 0. The molecular formula is C10H8N2O3. The number of methoxy groups -OCH3 is 1. The molecule has 0 aliphatic rings. The highest BCUT2D eigenvalue weighted by molar-refractivity contribution is 6.34. The molecule has 0 saturated heterocycles. The fraction of sp³-hybridized carbons (Fsp3) is 0.100. The number of fused-ring (bicyclic) bond motifs is 1. The summed E-state index contributed by atoms with van der Waals surface area (Å²) in [6, 6.07) is 7.05. The van der Waals surface area contributed by atoms with Crippen molar-refractivity contribution in [3.63, 3.8) is 0 Å². The third-order valence-electron chi connectivity index (χ3n) is 2.03. The Morgan fingerprint density at radius 3 is 2.80 bits per heavy atom. The van der Waals surface area contributed by atoms with Crippen molar-refractivity contribution in [2.45, 2.75) is 0 Å². The average Bonchev–Trinajstić information content (AvgIpc) is 2.70. The van der Waals surface area contributed by atoms with Gasteiger partial charge in [-0.15, -0.1) is 0 Å². The number of benzene rings is 1. The molecule has 0 amide bonds. The van der Waals surface area contributed by atoms with E-state index in [1.54, 1.807) is 18.2 Å². The number of rotatable bonds is 0. The predicted molar refractivity (Wildman–Crippen MR) is 52.4 cm³/mol. The highest BCUT2D eigenvalue weighted by Gasteiger charge is 2.18. The Balaban J connectivity index is 2.53. The number of ether oxygens (including phenoxy) is 1. The van der Waals surface area contributed by atoms with Crippen LogP contribution >= 0.6 is 0 Å². The molecule has 1 aromatic heterocycles. The standard InChI is InChI=1S/C10H8N2O3/c1-15-10(14)9(13)12-6-11-7-4-2-3-5-8(7)12/h2-6H,1H3. The number of carbonyl (C=O) groups excluding carboxylic acids is 2. The fourth-order valence-corrected chi connectivity index (χ4v) is 1.31. The molecule has 0 unspecified atom stereocenters. The number of hydrogen-bond donors (Lipinski definition) is 0. The van der Waals surface area contributed by atoms with Crippen LogP contribution < -0.4 is 0 Å². The van der Waals surface area contributed by atoms with Gasteiger partial charge in [0, 0.05) is 0 Å². The third kappa shape index (κ3) is 1.48. The largest absolute Gasteiger partial charge is 0.462 e. The molecule has 1 heterocycles. The summed E-state index contributed by atoms with van der Waals surface area (Å²) < 4.78 is 5.52. The Morgan fingerprint density at radius 2 is 2.07 bits per heavy atom. The van der Waals surface area contributed by atoms with Crippen molar-refractivity contribution >= 4 is 22.9 Å². The first-order valence-electron chi connectivity index (χ1n) is 4.29. The molecule has 0 aliphatic carbocycles. The lowest BCUT2D eigenvalue weighted by Crippen LogP contribution is -2.22. The van der Waals surface area contributed by atoms with Gasteiger partial charge >= 0.3 is 11.9 Å². The molecule has 2 rings (SSSR count). The van der Waals surface area contributed by atoms with Gasteiger partial charge in [0.15, 0.2) is 0 Å². The van der Waals surface area contributed by atoms with Crippen LogP contribution in [0.5, 0.6) is 0 Å². The predicted octanol–water partition coefficient (Wildman–Crippen LogP) is 0.849. The molecule has 0 aliphatic heterocycles. The van der Waals surface area contributed by atoms with Gasteiger partial charge in [0.05, 0.1) is 18.1 Å². The summed E-state index contributed by atoms with van der Waals surface area (Å²) >= 11 is 0. The maximum absolute atomic E-state index is 11.5. The number of esters is 1. The molecule has 0 saturated carbocycles. The van der Waals surface area contributed by atoms with Crippen molar-refractivity contribution in [1.82, 2.24) is 9.55 Å². The van der Waals surface area contributed by atoms with Crippen LogP contribution in [0.3, 0.4) is 0 Å². The van der Waals surface area contributed by atoms with Gasteiger partial charge in [-0.25, -0.2) is 9.78 Å². The average molecular weight is 204 g/mol. The SMILES string of the molecule is COC(=O)C(=O)n1cnc2ccccc21. The minimum absolute atomic E-state index is 0.591. The molecule has 2 aromatic rings. The maximum atomic E-state index is 11.5. The summed E-state index contributed by atoms with van der Waals surface area (Å²) in [5.74, 6) is -1.65. The van der Waals surface area contributed by atoms with Crippen LogP contribution in [0.15, 0.2) is 30.6 Å². The van der Waals surface area contributed by atoms with Crippen LogP contribution in [0, 0.1) is 0 Å². The Morgan fingerprint density at radius 1 is 1.33 bits per heavy atom. The van der Waals surface area contributed by atoms with Crippen LogP contribution in [-0.4, -0.2) is 28.5 Å². The number of aromatic nitrogens is 2. The molecule has 0 atom stereocenters. The second-order valence-electron chi connectivity index (χ2n) is 2.90. The topological polar surface area (TPSA) is 61.2 Å². The first kappa shape index (κ1) is 9.39. The van der Waals surface area contributed by atoms with Crippen LogP contribution in [-0.2, 0) is 9.53 Å². The van der Waals surface area contributed by atoms with E-state index >= 15 is 0 Å². The van der Waals surface area contributed by atoms with E-state index < -0.39 is 11.9 Å². The van der Waals surface area contributed by atoms with Crippen molar-refractivity contribution < 1.29 is 14.3 Å². The second kappa shape index (κ2) is 3.53. The van der Waals surface area contributed by atoms with E-state index in [-0.39, 0.29) is 0 Å². The van der Waals surface area contributed by atoms with Crippen molar-refractivity contribution in [2.75, 3.05) is 7.11 Å². The van der Waals surface area contributed by atoms with Gasteiger partial charge in [0.2, 0.25) is 0 Å². The van der Waals surface area contributed by atoms with Gasteiger partial charge in [-0.1, -0.05) is 12.1 Å². The van der Waals surface area contributed by atoms with Crippen molar-refractivity contribution in [3.8, 4) is 0 Å². The lowest BCUT2D eigenvalue weighted by molar-refractivity contribution is -0.135. The molecule has 5 nitrogen and oxygen atoms in total. The van der Waals surface area contributed by atoms with E-state index in [9.17, 15) is 9.59 Å². The van der Waals surface area contributed by atoms with E-state index in [1.807, 2.05) is 6.07 Å². The molecule has 0 spiro atoms. The van der Waals surface area contributed by atoms with Crippen LogP contribution in [0.1, 0.15) is 4.79 Å². The highest BCUT2D eigenvalue weighted by atomic mass is 16.5. The Bertz CT molecular complexity index is 530. The zero-order valence-corrected chi connectivity index (χ0v) is 8.01. The number of para-hydroxylation sites is 2. The minimum atomic E-state index is -0.904. The molecule has 1 aromatic carbocycles. The molecule has 0 N–H and O–H groups in total. The third-order valence-corrected chi connectivity index (χ3v) is 2.03. The molecule has 15 heavy (non-hydrogen) atoms. The quantitative estimate of drug-likeness (QED) is 0.471. The number of imidazole rings is 1. The maximum Gasteiger partial charge on any atom is 0.397 e. The minimum Gasteiger partial charge on any atom is -0.462 e. The van der Waals surface area contributed by atoms with E-state index in [4.69, 9.17) is 0 Å². The Labute approximate surface area is 85.3 Å². The second-order valence-corrected chi connectivity index (χ2v) is 2.90. The molecule has 5 heteroatoms. The lowest BCUT2D eigenvalue weighted by Gasteiger charge is -1.99. The molecule has 0 bridgehead atoms. The number of nitrogens with zero attached hydrogens (tertiary/aromatic N) is 2. The van der Waals surface area contributed by atoms with Crippen molar-refractivity contribution in [2.24, 2.45) is 0 Å². The van der Waals surface area contributed by atoms with E-state index in [0.717, 1.165) is 0 Å². The van der Waals surface area contributed by atoms with Gasteiger partial charge < -0.3 is 4.74 Å². The lowest BCUT2D eigenvalue weighted by atomic mass is 10.3. The zero-order valence-electron chi connectivity index (χ0n) is 8.01. The van der Waals surface area contributed by atoms with E-state index in [1.165, 1.54) is 18.0 Å². The number of carbonyl (C=O) groups is 2. The molecule has 76 valence electrons. The summed E-state index contributed by atoms with van der Waals surface area (Å²) in [7, 11) is 1.17. The summed E-state index contributed by atoms with van der Waals surface area (Å²) in [6.07, 6.45) is 1.31. The number of hydrogen-bond acceptors (Lipinski definition) is 4. The highest BCUT2D eigenvalue weighted by Crippen LogP contribution is 2.11. The molecule has 0 radical (unpaired) electrons. The van der Waals surface area contributed by atoms with Crippen LogP contribution in [0.4, 0.5) is 0 Å². The van der Waals surface area contributed by atoms with Gasteiger partial charge in [0.25, 0.3) is 0 Å². The normalized spacial score (nSPS) is 10.2. The van der Waals surface area contributed by atoms with Gasteiger partial charge in [-0.3, -0.25) is 9.36 Å². The van der Waals surface area contributed by atoms with Gasteiger partial charge in [-0.05, 0) is 12.1 Å². The smallest absolute Gasteiger partial charge is 0.397 e. The van der Waals surface area contributed by atoms with Crippen LogP contribution in [0.2, 0.25) is 0 Å². The fourth-order valence-electron chi connectivity index (χ4n) is 1.31. The Kier molecular flexibility index (Phi) is 2.21. The Hall–Kier alpha value is -2.17. The first-order chi connectivity index (χ1) is 7.24. The van der Waals surface area contributed by atoms with Crippen LogP contribution in [0.25, 0.3) is 11.0 Å². The van der Waals surface area contributed by atoms with E-state index in [0.29, 0.717) is 11.0 Å². The van der Waals surface area contributed by atoms with E-state index in [2.05, 4.69) is 9.72 Å². The zero-order chi connectivity index (χ0) is 10.8. The summed E-state index contributed by atoms with van der Waals surface area (Å²) in [5, 5.41) is 0. The molecular weight excluding hydrogens is 196 g/mol. The van der Waals surface area contributed by atoms with Crippen molar-refractivity contribution in [3.05, 3.63) is 30.6 Å². The monoisotopic (exact) mass is 204 g/mol.